The van der Waals surface area contributed by atoms with Crippen molar-refractivity contribution in [1.29, 1.82) is 0 Å². The zero-order chi connectivity index (χ0) is 23.2. The molecule has 0 radical (unpaired) electrons. The summed E-state index contributed by atoms with van der Waals surface area (Å²) in [4.78, 5) is 13.2. The fourth-order valence-electron chi connectivity index (χ4n) is 4.86. The number of nitrogens with zero attached hydrogens (tertiary/aromatic N) is 5. The van der Waals surface area contributed by atoms with E-state index in [2.05, 4.69) is 10.4 Å². The number of pyridine rings is 1. The van der Waals surface area contributed by atoms with Crippen molar-refractivity contribution in [1.82, 2.24) is 19.6 Å². The molecule has 2 fully saturated rings. The number of aliphatic hydroxyl groups is 1. The van der Waals surface area contributed by atoms with Gasteiger partial charge in [0.15, 0.2) is 0 Å². The van der Waals surface area contributed by atoms with Gasteiger partial charge in [0, 0.05) is 46.8 Å². The van der Waals surface area contributed by atoms with Crippen molar-refractivity contribution >= 4 is 22.5 Å². The average Bonchev–Trinajstić information content (AvgIpc) is 3.36. The van der Waals surface area contributed by atoms with Crippen molar-refractivity contribution in [3.63, 3.8) is 0 Å². The summed E-state index contributed by atoms with van der Waals surface area (Å²) in [5.41, 5.74) is 3.03. The first kappa shape index (κ1) is 20.9. The first-order chi connectivity index (χ1) is 16.6. The first-order valence-electron chi connectivity index (χ1n) is 11.8. The summed E-state index contributed by atoms with van der Waals surface area (Å²) in [6.45, 7) is 0. The third-order valence-electron chi connectivity index (χ3n) is 6.90. The van der Waals surface area contributed by atoms with Gasteiger partial charge in [0.05, 0.1) is 29.0 Å². The molecule has 0 spiro atoms. The lowest BCUT2D eigenvalue weighted by Gasteiger charge is -2.25. The van der Waals surface area contributed by atoms with E-state index in [0.717, 1.165) is 59.9 Å². The second kappa shape index (κ2) is 8.25. The van der Waals surface area contributed by atoms with Crippen molar-refractivity contribution < 1.29 is 19.8 Å². The molecule has 2 saturated carbocycles. The lowest BCUT2D eigenvalue weighted by Crippen LogP contribution is -2.43. The molecule has 0 unspecified atom stereocenters. The van der Waals surface area contributed by atoms with Crippen LogP contribution in [0.3, 0.4) is 0 Å². The van der Waals surface area contributed by atoms with Gasteiger partial charge in [-0.25, -0.2) is 4.68 Å². The molecular formula is C25H27N6O3+. The molecule has 9 heteroatoms. The van der Waals surface area contributed by atoms with E-state index >= 15 is 0 Å². The van der Waals surface area contributed by atoms with Crippen LogP contribution in [0.4, 0.5) is 5.69 Å². The van der Waals surface area contributed by atoms with Crippen LogP contribution < -0.4 is 10.0 Å². The summed E-state index contributed by atoms with van der Waals surface area (Å²) in [7, 11) is 0. The lowest BCUT2D eigenvalue weighted by molar-refractivity contribution is -0.910. The molecule has 3 N–H and O–H groups in total. The van der Waals surface area contributed by atoms with E-state index in [-0.39, 0.29) is 17.8 Å². The van der Waals surface area contributed by atoms with Crippen LogP contribution in [-0.4, -0.2) is 41.9 Å². The van der Waals surface area contributed by atoms with E-state index in [1.54, 1.807) is 23.0 Å². The van der Waals surface area contributed by atoms with Gasteiger partial charge < -0.3 is 10.4 Å². The van der Waals surface area contributed by atoms with Crippen LogP contribution in [0.2, 0.25) is 0 Å². The average molecular weight is 460 g/mol. The Kier molecular flexibility index (Phi) is 5.06. The lowest BCUT2D eigenvalue weighted by atomic mass is 9.93. The van der Waals surface area contributed by atoms with Crippen LogP contribution in [0.15, 0.2) is 55.0 Å². The van der Waals surface area contributed by atoms with Crippen molar-refractivity contribution in [3.8, 4) is 5.69 Å². The van der Waals surface area contributed by atoms with Gasteiger partial charge in [-0.15, -0.1) is 0 Å². The number of aliphatic hydroxyl groups excluding tert-OH is 1. The molecule has 1 amide bonds. The van der Waals surface area contributed by atoms with Gasteiger partial charge in [0.2, 0.25) is 5.69 Å². The van der Waals surface area contributed by atoms with Gasteiger partial charge in [0.1, 0.15) is 0 Å². The molecule has 4 aromatic rings. The highest BCUT2D eigenvalue weighted by molar-refractivity contribution is 6.04. The molecular weight excluding hydrogens is 432 g/mol. The molecule has 3 aromatic heterocycles. The van der Waals surface area contributed by atoms with E-state index < -0.39 is 5.91 Å². The number of hydrogen-bond acceptors (Lipinski definition) is 5. The third kappa shape index (κ3) is 3.81. The number of benzene rings is 1. The largest absolute Gasteiger partial charge is 0.393 e. The van der Waals surface area contributed by atoms with Crippen molar-refractivity contribution in [3.05, 3.63) is 66.4 Å². The second-order valence-corrected chi connectivity index (χ2v) is 9.33. The molecule has 6 rings (SSSR count). The molecule has 174 valence electrons. The Hall–Kier alpha value is -3.72. The molecule has 0 atom stereocenters. The van der Waals surface area contributed by atoms with Gasteiger partial charge in [-0.05, 0) is 62.8 Å². The fraction of sp³-hybridized carbons (Fsp3) is 0.360. The minimum Gasteiger partial charge on any atom is -0.393 e. The van der Waals surface area contributed by atoms with Crippen molar-refractivity contribution in [2.75, 3.05) is 5.32 Å². The van der Waals surface area contributed by atoms with Crippen LogP contribution >= 0.6 is 0 Å². The highest BCUT2D eigenvalue weighted by Crippen LogP contribution is 2.38. The van der Waals surface area contributed by atoms with Gasteiger partial charge in [-0.3, -0.25) is 14.7 Å². The number of anilines is 1. The van der Waals surface area contributed by atoms with Gasteiger partial charge in [0.25, 0.3) is 0 Å². The van der Waals surface area contributed by atoms with Crippen LogP contribution in [0.25, 0.3) is 16.6 Å². The van der Waals surface area contributed by atoms with Gasteiger partial charge in [-0.1, -0.05) is 0 Å². The topological polar surface area (TPSA) is 109 Å². The molecule has 1 aromatic carbocycles. The fourth-order valence-corrected chi connectivity index (χ4v) is 4.86. The second-order valence-electron chi connectivity index (χ2n) is 9.33. The van der Waals surface area contributed by atoms with Crippen LogP contribution in [0.5, 0.6) is 0 Å². The maximum Gasteiger partial charge on any atom is 0.325 e. The minimum absolute atomic E-state index is 0.187. The number of fused-ring (bicyclic) bond motifs is 1. The summed E-state index contributed by atoms with van der Waals surface area (Å²) < 4.78 is 4.68. The number of amides is 1. The SMILES string of the molecule is O=C(Nc1cc2cn(C3CCC(O)CC3)nc2cc1-n1cccn1)c1cccc(C2CC2)[n+]1O. The molecule has 9 nitrogen and oxygen atoms in total. The Labute approximate surface area is 196 Å². The normalized spacial score (nSPS) is 20.5. The van der Waals surface area contributed by atoms with E-state index in [9.17, 15) is 15.1 Å². The molecule has 0 saturated heterocycles. The molecule has 0 aliphatic heterocycles. The Bertz CT molecular complexity index is 1350. The number of nitrogens with one attached hydrogen (secondary N) is 1. The van der Waals surface area contributed by atoms with E-state index in [4.69, 9.17) is 5.10 Å². The predicted octanol–water partition coefficient (Wildman–Crippen LogP) is 3.35. The van der Waals surface area contributed by atoms with E-state index in [0.29, 0.717) is 17.3 Å². The number of rotatable bonds is 5. The Morgan fingerprint density at radius 1 is 1.09 bits per heavy atom. The van der Waals surface area contributed by atoms with Gasteiger partial charge >= 0.3 is 11.6 Å². The van der Waals surface area contributed by atoms with Crippen molar-refractivity contribution in [2.24, 2.45) is 0 Å². The summed E-state index contributed by atoms with van der Waals surface area (Å²) in [5.74, 6) is -0.0908. The number of carbonyl (C=O) groups excluding carboxylic acids is 1. The molecule has 0 bridgehead atoms. The number of hydrogen-bond donors (Lipinski definition) is 3. The number of carbonyl (C=O) groups is 1. The highest BCUT2D eigenvalue weighted by Gasteiger charge is 2.35. The summed E-state index contributed by atoms with van der Waals surface area (Å²) in [5, 5.41) is 33.5. The summed E-state index contributed by atoms with van der Waals surface area (Å²) in [6.07, 6.45) is 10.7. The van der Waals surface area contributed by atoms with E-state index in [1.165, 1.54) is 0 Å². The zero-order valence-corrected chi connectivity index (χ0v) is 18.7. The predicted molar refractivity (Wildman–Crippen MR) is 124 cm³/mol. The first-order valence-corrected chi connectivity index (χ1v) is 11.8. The quantitative estimate of drug-likeness (QED) is 0.313. The molecule has 34 heavy (non-hydrogen) atoms. The van der Waals surface area contributed by atoms with Crippen molar-refractivity contribution in [2.45, 2.75) is 56.6 Å². The summed E-state index contributed by atoms with van der Waals surface area (Å²) in [6, 6.07) is 11.2. The maximum atomic E-state index is 13.2. The smallest absolute Gasteiger partial charge is 0.325 e. The van der Waals surface area contributed by atoms with Crippen LogP contribution in [-0.2, 0) is 0 Å². The highest BCUT2D eigenvalue weighted by atomic mass is 16.5. The van der Waals surface area contributed by atoms with Crippen LogP contribution in [0, 0.1) is 0 Å². The Balaban J connectivity index is 1.36. The van der Waals surface area contributed by atoms with Crippen LogP contribution in [0.1, 0.15) is 66.7 Å². The maximum absolute atomic E-state index is 13.2. The summed E-state index contributed by atoms with van der Waals surface area (Å²) >= 11 is 0. The Morgan fingerprint density at radius 2 is 1.91 bits per heavy atom. The Morgan fingerprint density at radius 3 is 2.65 bits per heavy atom. The zero-order valence-electron chi connectivity index (χ0n) is 18.7. The van der Waals surface area contributed by atoms with E-state index in [1.807, 2.05) is 41.3 Å². The van der Waals surface area contributed by atoms with Gasteiger partial charge in [-0.2, -0.15) is 10.2 Å². The minimum atomic E-state index is -0.397. The number of aromatic nitrogens is 5. The third-order valence-corrected chi connectivity index (χ3v) is 6.90. The molecule has 3 heterocycles. The monoisotopic (exact) mass is 459 g/mol. The molecule has 2 aliphatic carbocycles. The molecule has 2 aliphatic rings. The standard InChI is InChI=1S/C25H26N6O3/c32-19-9-7-18(8-10-19)30-15-17-13-21(24(14-20(17)28-30)29-12-2-11-26-29)27-25(33)23-4-1-3-22(31(23)34)16-5-6-16/h1-4,11-16,18-19,32H,5-10H2,(H-,27,33,34)/p+1.